The van der Waals surface area contributed by atoms with Gasteiger partial charge in [-0.1, -0.05) is 24.3 Å². The van der Waals surface area contributed by atoms with Crippen LogP contribution in [0.2, 0.25) is 0 Å². The topological polar surface area (TPSA) is 98.7 Å². The highest BCUT2D eigenvalue weighted by atomic mass is 16.5. The van der Waals surface area contributed by atoms with Crippen LogP contribution in [0.4, 0.5) is 11.4 Å². The Morgan fingerprint density at radius 3 is 2.31 bits per heavy atom. The highest BCUT2D eigenvalue weighted by Gasteiger charge is 2.16. The summed E-state index contributed by atoms with van der Waals surface area (Å²) in [5, 5.41) is 6.19. The van der Waals surface area contributed by atoms with E-state index in [1.54, 1.807) is 35.0 Å². The molecule has 2 N–H and O–H groups in total. The van der Waals surface area contributed by atoms with Gasteiger partial charge in [-0.25, -0.2) is 4.79 Å². The number of hydrogen-bond donors (Lipinski definition) is 2. The molecule has 8 heteroatoms. The third-order valence-electron chi connectivity index (χ3n) is 4.21. The number of carbonyl (C=O) groups excluding carboxylic acids is 3. The van der Waals surface area contributed by atoms with E-state index in [0.717, 1.165) is 10.9 Å². The average Bonchev–Trinajstić information content (AvgIpc) is 3.06. The van der Waals surface area contributed by atoms with Crippen molar-refractivity contribution in [2.75, 3.05) is 31.5 Å². The fraction of sp³-hybridized carbons (Fsp3) is 0.190. The Labute approximate surface area is 167 Å². The van der Waals surface area contributed by atoms with Gasteiger partial charge < -0.3 is 24.7 Å². The number of nitrogens with zero attached hydrogens (tertiary/aromatic N) is 1. The van der Waals surface area contributed by atoms with E-state index in [9.17, 15) is 14.4 Å². The van der Waals surface area contributed by atoms with Crippen molar-refractivity contribution < 1.29 is 23.9 Å². The lowest BCUT2D eigenvalue weighted by Gasteiger charge is -2.10. The van der Waals surface area contributed by atoms with Gasteiger partial charge in [0.05, 0.1) is 12.7 Å². The summed E-state index contributed by atoms with van der Waals surface area (Å²) >= 11 is 0. The largest absolute Gasteiger partial charge is 0.465 e. The number of aromatic nitrogens is 1. The van der Waals surface area contributed by atoms with E-state index >= 15 is 0 Å². The van der Waals surface area contributed by atoms with Crippen LogP contribution in [0.3, 0.4) is 0 Å². The number of benzene rings is 2. The van der Waals surface area contributed by atoms with Gasteiger partial charge in [-0.15, -0.1) is 0 Å². The molecule has 0 aliphatic heterocycles. The van der Waals surface area contributed by atoms with Gasteiger partial charge >= 0.3 is 5.97 Å². The number of anilines is 2. The molecule has 0 spiro atoms. The van der Waals surface area contributed by atoms with E-state index in [0.29, 0.717) is 16.9 Å². The number of methoxy groups -OCH3 is 2. The third-order valence-corrected chi connectivity index (χ3v) is 4.21. The van der Waals surface area contributed by atoms with Crippen LogP contribution in [0.1, 0.15) is 10.4 Å². The molecule has 0 saturated carbocycles. The van der Waals surface area contributed by atoms with Crippen molar-refractivity contribution >= 4 is 40.1 Å². The van der Waals surface area contributed by atoms with Crippen LogP contribution >= 0.6 is 0 Å². The summed E-state index contributed by atoms with van der Waals surface area (Å²) < 4.78 is 11.3. The molecule has 0 fully saturated rings. The molecule has 0 aliphatic carbocycles. The highest BCUT2D eigenvalue weighted by molar-refractivity contribution is 6.05. The molecular formula is C21H21N3O5. The fourth-order valence-electron chi connectivity index (χ4n) is 3.01. The van der Waals surface area contributed by atoms with Gasteiger partial charge in [0.15, 0.2) is 0 Å². The smallest absolute Gasteiger partial charge is 0.340 e. The molecule has 0 bridgehead atoms. The van der Waals surface area contributed by atoms with Crippen LogP contribution in [0.15, 0.2) is 54.7 Å². The minimum absolute atomic E-state index is 0.0117. The fourth-order valence-corrected chi connectivity index (χ4v) is 3.01. The number of esters is 1. The third kappa shape index (κ3) is 4.80. The molecule has 150 valence electrons. The molecular weight excluding hydrogens is 374 g/mol. The predicted octanol–water partition coefficient (Wildman–Crippen LogP) is 2.65. The molecule has 2 aromatic carbocycles. The van der Waals surface area contributed by atoms with Crippen molar-refractivity contribution in [1.29, 1.82) is 0 Å². The Kier molecular flexibility index (Phi) is 6.25. The zero-order valence-corrected chi connectivity index (χ0v) is 16.1. The van der Waals surface area contributed by atoms with Crippen molar-refractivity contribution in [3.63, 3.8) is 0 Å². The first-order valence-corrected chi connectivity index (χ1v) is 8.86. The lowest BCUT2D eigenvalue weighted by molar-refractivity contribution is -0.119. The maximum absolute atomic E-state index is 12.6. The van der Waals surface area contributed by atoms with Crippen molar-refractivity contribution in [3.8, 4) is 0 Å². The number of rotatable bonds is 7. The molecule has 0 atom stereocenters. The second-order valence-corrected chi connectivity index (χ2v) is 6.29. The minimum Gasteiger partial charge on any atom is -0.465 e. The lowest BCUT2D eigenvalue weighted by atomic mass is 10.2. The minimum atomic E-state index is -0.458. The Bertz CT molecular complexity index is 1060. The van der Waals surface area contributed by atoms with Crippen LogP contribution in [0.5, 0.6) is 0 Å². The summed E-state index contributed by atoms with van der Waals surface area (Å²) in [6.45, 7) is -0.0441. The predicted molar refractivity (Wildman–Crippen MR) is 109 cm³/mol. The highest BCUT2D eigenvalue weighted by Crippen LogP contribution is 2.22. The standard InChI is InChI=1S/C21H21N3O5/c1-28-13-20(26)23-15-7-5-6-14(10-15)22-19(25)12-24-11-17(21(27)29-2)16-8-3-4-9-18(16)24/h3-11H,12-13H2,1-2H3,(H,22,25)(H,23,26). The summed E-state index contributed by atoms with van der Waals surface area (Å²) in [4.78, 5) is 36.2. The zero-order valence-electron chi connectivity index (χ0n) is 16.1. The second-order valence-electron chi connectivity index (χ2n) is 6.29. The van der Waals surface area contributed by atoms with Gasteiger partial charge in [-0.3, -0.25) is 9.59 Å². The Balaban J connectivity index is 1.75. The van der Waals surface area contributed by atoms with E-state index in [1.807, 2.05) is 24.3 Å². The van der Waals surface area contributed by atoms with Gasteiger partial charge in [0.1, 0.15) is 13.2 Å². The van der Waals surface area contributed by atoms with Crippen molar-refractivity contribution in [3.05, 3.63) is 60.3 Å². The van der Waals surface area contributed by atoms with E-state index in [4.69, 9.17) is 9.47 Å². The summed E-state index contributed by atoms with van der Waals surface area (Å²) in [7, 11) is 2.76. The second kappa shape index (κ2) is 9.03. The Hall–Kier alpha value is -3.65. The van der Waals surface area contributed by atoms with Crippen LogP contribution in [-0.2, 0) is 25.6 Å². The summed E-state index contributed by atoms with van der Waals surface area (Å²) in [5.74, 6) is -1.02. The zero-order chi connectivity index (χ0) is 20.8. The van der Waals surface area contributed by atoms with E-state index in [2.05, 4.69) is 10.6 Å². The van der Waals surface area contributed by atoms with Gasteiger partial charge in [-0.2, -0.15) is 0 Å². The molecule has 1 heterocycles. The first-order valence-electron chi connectivity index (χ1n) is 8.86. The molecule has 8 nitrogen and oxygen atoms in total. The first-order chi connectivity index (χ1) is 14.0. The quantitative estimate of drug-likeness (QED) is 0.599. The number of fused-ring (bicyclic) bond motifs is 1. The molecule has 0 unspecified atom stereocenters. The Morgan fingerprint density at radius 2 is 1.62 bits per heavy atom. The van der Waals surface area contributed by atoms with Crippen molar-refractivity contribution in [2.24, 2.45) is 0 Å². The SMILES string of the molecule is COCC(=O)Nc1cccc(NC(=O)Cn2cc(C(=O)OC)c3ccccc32)c1. The maximum atomic E-state index is 12.6. The molecule has 0 radical (unpaired) electrons. The van der Waals surface area contributed by atoms with Gasteiger partial charge in [-0.05, 0) is 24.3 Å². The molecule has 3 rings (SSSR count). The molecule has 0 aliphatic rings. The summed E-state index contributed by atoms with van der Waals surface area (Å²) in [6.07, 6.45) is 1.61. The van der Waals surface area contributed by atoms with E-state index < -0.39 is 5.97 Å². The summed E-state index contributed by atoms with van der Waals surface area (Å²) in [6, 6.07) is 14.1. The monoisotopic (exact) mass is 395 g/mol. The number of carbonyl (C=O) groups is 3. The van der Waals surface area contributed by atoms with Crippen LogP contribution in [-0.4, -0.2) is 43.2 Å². The van der Waals surface area contributed by atoms with Gasteiger partial charge in [0.25, 0.3) is 0 Å². The van der Waals surface area contributed by atoms with Crippen LogP contribution in [0, 0.1) is 0 Å². The maximum Gasteiger partial charge on any atom is 0.340 e. The average molecular weight is 395 g/mol. The van der Waals surface area contributed by atoms with Gasteiger partial charge in [0.2, 0.25) is 11.8 Å². The van der Waals surface area contributed by atoms with Crippen LogP contribution in [0.25, 0.3) is 10.9 Å². The number of ether oxygens (including phenoxy) is 2. The van der Waals surface area contributed by atoms with E-state index in [1.165, 1.54) is 14.2 Å². The number of para-hydroxylation sites is 1. The number of hydrogen-bond acceptors (Lipinski definition) is 5. The molecule has 29 heavy (non-hydrogen) atoms. The number of amides is 2. The summed E-state index contributed by atoms with van der Waals surface area (Å²) in [5.41, 5.74) is 2.24. The first kappa shape index (κ1) is 20.1. The number of nitrogens with one attached hydrogen (secondary N) is 2. The van der Waals surface area contributed by atoms with Gasteiger partial charge in [0, 0.05) is 35.6 Å². The van der Waals surface area contributed by atoms with Crippen LogP contribution < -0.4 is 10.6 Å². The molecule has 2 amide bonds. The molecule has 0 saturated heterocycles. The van der Waals surface area contributed by atoms with E-state index in [-0.39, 0.29) is 25.0 Å². The normalized spacial score (nSPS) is 10.6. The molecule has 3 aromatic rings. The van der Waals surface area contributed by atoms with Crippen molar-refractivity contribution in [2.45, 2.75) is 6.54 Å². The van der Waals surface area contributed by atoms with Crippen molar-refractivity contribution in [1.82, 2.24) is 4.57 Å². The molecule has 1 aromatic heterocycles. The lowest BCUT2D eigenvalue weighted by Crippen LogP contribution is -2.19. The Morgan fingerprint density at radius 1 is 0.931 bits per heavy atom.